The van der Waals surface area contributed by atoms with Gasteiger partial charge in [0.1, 0.15) is 11.3 Å². The van der Waals surface area contributed by atoms with Crippen molar-refractivity contribution in [1.82, 2.24) is 25.3 Å². The second-order valence-electron chi connectivity index (χ2n) is 9.52. The zero-order valence-electron chi connectivity index (χ0n) is 21.3. The first-order valence-corrected chi connectivity index (χ1v) is 12.4. The van der Waals surface area contributed by atoms with E-state index in [1.165, 1.54) is 5.56 Å². The molecule has 1 aliphatic rings. The quantitative estimate of drug-likeness (QED) is 0.440. The van der Waals surface area contributed by atoms with Gasteiger partial charge in [-0.2, -0.15) is 10.2 Å². The molecule has 3 heterocycles. The lowest BCUT2D eigenvalue weighted by atomic mass is 9.97. The normalized spacial score (nSPS) is 15.8. The molecule has 2 aromatic heterocycles. The van der Waals surface area contributed by atoms with Crippen molar-refractivity contribution in [1.29, 1.82) is 0 Å². The van der Waals surface area contributed by atoms with Crippen molar-refractivity contribution in [2.75, 3.05) is 25.1 Å². The maximum Gasteiger partial charge on any atom is 0.225 e. The highest BCUT2D eigenvalue weighted by atomic mass is 16.5. The second-order valence-corrected chi connectivity index (χ2v) is 9.52. The molecule has 1 amide bonds. The Kier molecular flexibility index (Phi) is 6.59. The van der Waals surface area contributed by atoms with Gasteiger partial charge in [0, 0.05) is 19.6 Å². The van der Waals surface area contributed by atoms with E-state index in [-0.39, 0.29) is 11.8 Å². The van der Waals surface area contributed by atoms with Crippen molar-refractivity contribution in [3.8, 4) is 11.4 Å². The standard InChI is InChI=1S/C28H32N6O2/c1-18-7-11-23(12-8-18)34-20(3)25-19(2)30-31-27(26(25)32-34)33-15-5-6-22(17-33)28(35)29-16-21-9-13-24(36-4)14-10-21/h7-14,22H,5-6,15-17H2,1-4H3,(H,29,35)/t22-/m0/s1. The molecular weight excluding hydrogens is 452 g/mol. The molecule has 1 saturated heterocycles. The Labute approximate surface area is 211 Å². The molecule has 4 aromatic rings. The lowest BCUT2D eigenvalue weighted by Crippen LogP contribution is -2.43. The number of carbonyl (C=O) groups excluding carboxylic acids is 1. The number of carbonyl (C=O) groups is 1. The van der Waals surface area contributed by atoms with E-state index in [0.717, 1.165) is 64.5 Å². The number of benzene rings is 2. The average molecular weight is 485 g/mol. The molecular formula is C28H32N6O2. The van der Waals surface area contributed by atoms with E-state index >= 15 is 0 Å². The van der Waals surface area contributed by atoms with Crippen LogP contribution in [0.5, 0.6) is 5.75 Å². The van der Waals surface area contributed by atoms with Crippen LogP contribution in [0, 0.1) is 26.7 Å². The summed E-state index contributed by atoms with van der Waals surface area (Å²) in [5.74, 6) is 1.50. The van der Waals surface area contributed by atoms with Crippen molar-refractivity contribution < 1.29 is 9.53 Å². The van der Waals surface area contributed by atoms with E-state index in [9.17, 15) is 4.79 Å². The molecule has 36 heavy (non-hydrogen) atoms. The van der Waals surface area contributed by atoms with Gasteiger partial charge in [-0.3, -0.25) is 4.79 Å². The van der Waals surface area contributed by atoms with Gasteiger partial charge in [-0.05, 0) is 63.4 Å². The number of ether oxygens (including phenoxy) is 1. The minimum absolute atomic E-state index is 0.0631. The number of aromatic nitrogens is 4. The van der Waals surface area contributed by atoms with Crippen LogP contribution in [-0.2, 0) is 11.3 Å². The molecule has 8 nitrogen and oxygen atoms in total. The zero-order chi connectivity index (χ0) is 25.2. The molecule has 0 unspecified atom stereocenters. The number of methoxy groups -OCH3 is 1. The summed E-state index contributed by atoms with van der Waals surface area (Å²) in [5.41, 5.74) is 5.98. The van der Waals surface area contributed by atoms with Crippen LogP contribution in [0.3, 0.4) is 0 Å². The van der Waals surface area contributed by atoms with Gasteiger partial charge in [0.2, 0.25) is 5.91 Å². The maximum absolute atomic E-state index is 13.0. The van der Waals surface area contributed by atoms with Crippen molar-refractivity contribution >= 4 is 22.6 Å². The van der Waals surface area contributed by atoms with E-state index in [1.54, 1.807) is 7.11 Å². The Morgan fingerprint density at radius 1 is 1.06 bits per heavy atom. The van der Waals surface area contributed by atoms with Gasteiger partial charge in [-0.25, -0.2) is 4.68 Å². The Morgan fingerprint density at radius 2 is 1.81 bits per heavy atom. The number of nitrogens with zero attached hydrogens (tertiary/aromatic N) is 5. The SMILES string of the molecule is COc1ccc(CNC(=O)[C@H]2CCCN(c3nnc(C)c4c(C)n(-c5ccc(C)cc5)nc34)C2)cc1. The summed E-state index contributed by atoms with van der Waals surface area (Å²) in [5, 5.41) is 18.1. The van der Waals surface area contributed by atoms with Crippen LogP contribution in [0.4, 0.5) is 5.82 Å². The first kappa shape index (κ1) is 23.8. The Balaban J connectivity index is 1.36. The molecule has 8 heteroatoms. The third kappa shape index (κ3) is 4.63. The molecule has 1 atom stereocenters. The lowest BCUT2D eigenvalue weighted by molar-refractivity contribution is -0.125. The van der Waals surface area contributed by atoms with Gasteiger partial charge in [0.05, 0.1) is 35.5 Å². The molecule has 0 spiro atoms. The summed E-state index contributed by atoms with van der Waals surface area (Å²) < 4.78 is 7.18. The Hall–Kier alpha value is -3.94. The Morgan fingerprint density at radius 3 is 2.53 bits per heavy atom. The molecule has 0 saturated carbocycles. The fourth-order valence-electron chi connectivity index (χ4n) is 4.92. The number of hydrogen-bond donors (Lipinski definition) is 1. The molecule has 0 radical (unpaired) electrons. The molecule has 2 aromatic carbocycles. The monoisotopic (exact) mass is 484 g/mol. The number of hydrogen-bond acceptors (Lipinski definition) is 6. The molecule has 186 valence electrons. The zero-order valence-corrected chi connectivity index (χ0v) is 21.3. The van der Waals surface area contributed by atoms with Crippen LogP contribution < -0.4 is 15.0 Å². The summed E-state index contributed by atoms with van der Waals surface area (Å²) in [4.78, 5) is 15.2. The van der Waals surface area contributed by atoms with Gasteiger partial charge in [-0.1, -0.05) is 29.8 Å². The van der Waals surface area contributed by atoms with E-state index in [1.807, 2.05) is 35.9 Å². The molecule has 0 aliphatic carbocycles. The van der Waals surface area contributed by atoms with Crippen LogP contribution in [0.2, 0.25) is 0 Å². The number of rotatable bonds is 6. The van der Waals surface area contributed by atoms with Crippen molar-refractivity contribution in [3.63, 3.8) is 0 Å². The number of aryl methyl sites for hydroxylation is 3. The Bertz CT molecular complexity index is 1380. The van der Waals surface area contributed by atoms with Gasteiger partial charge in [0.25, 0.3) is 0 Å². The fraction of sp³-hybridized carbons (Fsp3) is 0.357. The number of nitrogens with one attached hydrogen (secondary N) is 1. The number of piperidine rings is 1. The average Bonchev–Trinajstić information content (AvgIpc) is 3.26. The predicted molar refractivity (Wildman–Crippen MR) is 141 cm³/mol. The molecule has 1 fully saturated rings. The van der Waals surface area contributed by atoms with Crippen molar-refractivity contribution in [3.05, 3.63) is 71.0 Å². The number of fused-ring (bicyclic) bond motifs is 1. The number of anilines is 1. The van der Waals surface area contributed by atoms with Crippen molar-refractivity contribution in [2.45, 2.75) is 40.2 Å². The van der Waals surface area contributed by atoms with Crippen LogP contribution in [0.25, 0.3) is 16.6 Å². The van der Waals surface area contributed by atoms with Crippen LogP contribution in [0.15, 0.2) is 48.5 Å². The highest BCUT2D eigenvalue weighted by Gasteiger charge is 2.29. The van der Waals surface area contributed by atoms with Crippen LogP contribution in [-0.4, -0.2) is 46.1 Å². The second kappa shape index (κ2) is 9.97. The summed E-state index contributed by atoms with van der Waals surface area (Å²) in [6, 6.07) is 16.1. The predicted octanol–water partition coefficient (Wildman–Crippen LogP) is 4.28. The van der Waals surface area contributed by atoms with Gasteiger partial charge < -0.3 is 15.0 Å². The van der Waals surface area contributed by atoms with Gasteiger partial charge in [0.15, 0.2) is 5.82 Å². The van der Waals surface area contributed by atoms with Crippen LogP contribution >= 0.6 is 0 Å². The summed E-state index contributed by atoms with van der Waals surface area (Å²) in [6.45, 7) is 8.03. The topological polar surface area (TPSA) is 85.2 Å². The molecule has 1 aliphatic heterocycles. The lowest BCUT2D eigenvalue weighted by Gasteiger charge is -2.32. The van der Waals surface area contributed by atoms with E-state index in [0.29, 0.717) is 13.1 Å². The minimum Gasteiger partial charge on any atom is -0.497 e. The highest BCUT2D eigenvalue weighted by Crippen LogP contribution is 2.31. The first-order valence-electron chi connectivity index (χ1n) is 12.4. The summed E-state index contributed by atoms with van der Waals surface area (Å²) >= 11 is 0. The summed E-state index contributed by atoms with van der Waals surface area (Å²) in [6.07, 6.45) is 1.76. The maximum atomic E-state index is 13.0. The molecule has 0 bridgehead atoms. The summed E-state index contributed by atoms with van der Waals surface area (Å²) in [7, 11) is 1.64. The van der Waals surface area contributed by atoms with Gasteiger partial charge >= 0.3 is 0 Å². The third-order valence-corrected chi connectivity index (χ3v) is 6.98. The van der Waals surface area contributed by atoms with Crippen LogP contribution in [0.1, 0.15) is 35.4 Å². The minimum atomic E-state index is -0.115. The molecule has 5 rings (SSSR count). The van der Waals surface area contributed by atoms with Gasteiger partial charge in [-0.15, -0.1) is 5.10 Å². The highest BCUT2D eigenvalue weighted by molar-refractivity contribution is 5.92. The van der Waals surface area contributed by atoms with E-state index in [4.69, 9.17) is 9.84 Å². The smallest absolute Gasteiger partial charge is 0.225 e. The van der Waals surface area contributed by atoms with E-state index in [2.05, 4.69) is 58.5 Å². The number of amides is 1. The third-order valence-electron chi connectivity index (χ3n) is 6.98. The fourth-order valence-corrected chi connectivity index (χ4v) is 4.92. The van der Waals surface area contributed by atoms with Crippen molar-refractivity contribution in [2.24, 2.45) is 5.92 Å². The largest absolute Gasteiger partial charge is 0.497 e. The first-order chi connectivity index (χ1) is 17.4. The molecule has 1 N–H and O–H groups in total. The van der Waals surface area contributed by atoms with E-state index < -0.39 is 0 Å².